The molecule has 1 unspecified atom stereocenters. The van der Waals surface area contributed by atoms with Gasteiger partial charge < -0.3 is 14.7 Å². The van der Waals surface area contributed by atoms with Gasteiger partial charge in [0, 0.05) is 24.9 Å². The van der Waals surface area contributed by atoms with Crippen LogP contribution in [0.5, 0.6) is 0 Å². The Bertz CT molecular complexity index is 478. The molecule has 0 aromatic heterocycles. The van der Waals surface area contributed by atoms with Gasteiger partial charge in [0.1, 0.15) is 11.7 Å². The molecule has 1 atom stereocenters. The van der Waals surface area contributed by atoms with Crippen molar-refractivity contribution >= 4 is 23.6 Å². The van der Waals surface area contributed by atoms with Crippen molar-refractivity contribution in [3.8, 4) is 0 Å². The fourth-order valence-electron chi connectivity index (χ4n) is 3.41. The van der Waals surface area contributed by atoms with Crippen molar-refractivity contribution in [3.05, 3.63) is 0 Å². The molecule has 2 aliphatic rings. The molecule has 0 aromatic rings. The molecule has 21 heavy (non-hydrogen) atoms. The zero-order chi connectivity index (χ0) is 15.6. The number of carbonyl (C=O) groups excluding carboxylic acids is 3. The molecule has 1 spiro atoms. The minimum Gasteiger partial charge on any atom is -0.481 e. The Hall–Kier alpha value is -1.92. The Balaban J connectivity index is 2.14. The average Bonchev–Trinajstić information content (AvgIpc) is 2.38. The number of hydrogen-bond acceptors (Lipinski definition) is 5. The molecule has 1 heterocycles. The third kappa shape index (κ3) is 2.91. The van der Waals surface area contributed by atoms with Gasteiger partial charge in [0.05, 0.1) is 13.0 Å². The van der Waals surface area contributed by atoms with E-state index in [-0.39, 0.29) is 25.2 Å². The second-order valence-electron chi connectivity index (χ2n) is 5.68. The highest BCUT2D eigenvalue weighted by molar-refractivity contribution is 6.10. The number of carbonyl (C=O) groups is 4. The van der Waals surface area contributed by atoms with Crippen molar-refractivity contribution in [3.63, 3.8) is 0 Å². The molecule has 7 heteroatoms. The van der Waals surface area contributed by atoms with Crippen LogP contribution in [0.15, 0.2) is 0 Å². The molecule has 1 N–H and O–H groups in total. The summed E-state index contributed by atoms with van der Waals surface area (Å²) in [7, 11) is 0. The normalized spacial score (nSPS) is 25.0. The summed E-state index contributed by atoms with van der Waals surface area (Å²) in [6, 6.07) is 0. The SMILES string of the molecule is CCOC(=O)N1CCC2(CC1)CC(=O)CC(=O)C2C(=O)O. The summed E-state index contributed by atoms with van der Waals surface area (Å²) in [5.74, 6) is -3.03. The maximum atomic E-state index is 11.9. The molecular weight excluding hydrogens is 278 g/mol. The van der Waals surface area contributed by atoms with Gasteiger partial charge in [-0.15, -0.1) is 0 Å². The number of ether oxygens (including phenoxy) is 1. The quantitative estimate of drug-likeness (QED) is 0.758. The van der Waals surface area contributed by atoms with Gasteiger partial charge in [-0.05, 0) is 19.8 Å². The van der Waals surface area contributed by atoms with E-state index in [0.29, 0.717) is 25.9 Å². The number of hydrogen-bond donors (Lipinski definition) is 1. The van der Waals surface area contributed by atoms with Crippen LogP contribution in [0.2, 0.25) is 0 Å². The minimum absolute atomic E-state index is 0.104. The molecule has 1 aliphatic heterocycles. The molecule has 2 rings (SSSR count). The standard InChI is InChI=1S/C14H19NO6/c1-2-21-13(20)15-5-3-14(4-6-15)8-9(16)7-10(17)11(14)12(18)19/h11H,2-8H2,1H3,(H,18,19). The summed E-state index contributed by atoms with van der Waals surface area (Å²) < 4.78 is 4.91. The molecule has 0 bridgehead atoms. The Morgan fingerprint density at radius 3 is 2.48 bits per heavy atom. The molecule has 7 nitrogen and oxygen atoms in total. The van der Waals surface area contributed by atoms with Crippen molar-refractivity contribution in [2.45, 2.75) is 32.6 Å². The average molecular weight is 297 g/mol. The molecule has 0 aromatic carbocycles. The van der Waals surface area contributed by atoms with Gasteiger partial charge in [-0.3, -0.25) is 14.4 Å². The van der Waals surface area contributed by atoms with Crippen LogP contribution in [-0.2, 0) is 19.1 Å². The number of nitrogens with zero attached hydrogens (tertiary/aromatic N) is 1. The second kappa shape index (κ2) is 5.83. The molecule has 1 saturated carbocycles. The number of amides is 1. The van der Waals surface area contributed by atoms with E-state index in [1.807, 2.05) is 0 Å². The third-order valence-corrected chi connectivity index (χ3v) is 4.39. The van der Waals surface area contributed by atoms with E-state index in [9.17, 15) is 24.3 Å². The van der Waals surface area contributed by atoms with E-state index in [2.05, 4.69) is 0 Å². The highest BCUT2D eigenvalue weighted by Gasteiger charge is 2.53. The Kier molecular flexibility index (Phi) is 4.29. The van der Waals surface area contributed by atoms with Crippen LogP contribution in [0.4, 0.5) is 4.79 Å². The number of piperidine rings is 1. The van der Waals surface area contributed by atoms with Crippen LogP contribution < -0.4 is 0 Å². The predicted molar refractivity (Wildman–Crippen MR) is 70.6 cm³/mol. The Labute approximate surface area is 122 Å². The van der Waals surface area contributed by atoms with Crippen molar-refractivity contribution in [1.82, 2.24) is 4.90 Å². The summed E-state index contributed by atoms with van der Waals surface area (Å²) in [6.07, 6.45) is 0.0420. The van der Waals surface area contributed by atoms with E-state index in [1.54, 1.807) is 6.92 Å². The number of Topliss-reactive ketones (excluding diaryl/α,β-unsaturated/α-hetero) is 2. The number of likely N-dealkylation sites (tertiary alicyclic amines) is 1. The fourth-order valence-corrected chi connectivity index (χ4v) is 3.41. The fraction of sp³-hybridized carbons (Fsp3) is 0.714. The molecule has 2 fully saturated rings. The number of ketones is 2. The number of aliphatic carboxylic acids is 1. The van der Waals surface area contributed by atoms with Gasteiger partial charge in [0.2, 0.25) is 0 Å². The Morgan fingerprint density at radius 2 is 1.95 bits per heavy atom. The van der Waals surface area contributed by atoms with Gasteiger partial charge >= 0.3 is 12.1 Å². The van der Waals surface area contributed by atoms with Crippen LogP contribution in [0.25, 0.3) is 0 Å². The zero-order valence-corrected chi connectivity index (χ0v) is 12.0. The van der Waals surface area contributed by atoms with Gasteiger partial charge in [-0.25, -0.2) is 4.79 Å². The first-order valence-corrected chi connectivity index (χ1v) is 7.08. The van der Waals surface area contributed by atoms with Crippen LogP contribution in [0, 0.1) is 11.3 Å². The number of carboxylic acid groups (broad SMARTS) is 1. The smallest absolute Gasteiger partial charge is 0.409 e. The largest absolute Gasteiger partial charge is 0.481 e. The lowest BCUT2D eigenvalue weighted by Crippen LogP contribution is -2.53. The van der Waals surface area contributed by atoms with Crippen LogP contribution in [0.1, 0.15) is 32.6 Å². The van der Waals surface area contributed by atoms with Gasteiger partial charge in [0.25, 0.3) is 0 Å². The van der Waals surface area contributed by atoms with E-state index in [0.717, 1.165) is 0 Å². The summed E-state index contributed by atoms with van der Waals surface area (Å²) >= 11 is 0. The number of rotatable bonds is 2. The summed E-state index contributed by atoms with van der Waals surface area (Å²) in [5.41, 5.74) is -0.846. The van der Waals surface area contributed by atoms with E-state index in [4.69, 9.17) is 4.74 Å². The van der Waals surface area contributed by atoms with Crippen molar-refractivity contribution in [2.24, 2.45) is 11.3 Å². The lowest BCUT2D eigenvalue weighted by atomic mass is 9.60. The summed E-state index contributed by atoms with van der Waals surface area (Å²) in [4.78, 5) is 48.2. The van der Waals surface area contributed by atoms with Crippen molar-refractivity contribution in [1.29, 1.82) is 0 Å². The number of carboxylic acids is 1. The lowest BCUT2D eigenvalue weighted by Gasteiger charge is -2.45. The van der Waals surface area contributed by atoms with Gasteiger partial charge in [-0.2, -0.15) is 0 Å². The van der Waals surface area contributed by atoms with Crippen LogP contribution in [-0.4, -0.2) is 53.3 Å². The van der Waals surface area contributed by atoms with E-state index in [1.165, 1.54) is 4.90 Å². The topological polar surface area (TPSA) is 101 Å². The first-order valence-electron chi connectivity index (χ1n) is 7.08. The molecule has 1 amide bonds. The molecule has 1 saturated heterocycles. The third-order valence-electron chi connectivity index (χ3n) is 4.39. The monoisotopic (exact) mass is 297 g/mol. The summed E-state index contributed by atoms with van der Waals surface area (Å²) in [5, 5.41) is 9.33. The first kappa shape index (κ1) is 15.5. The first-order chi connectivity index (χ1) is 9.89. The predicted octanol–water partition coefficient (Wildman–Crippen LogP) is 0.858. The maximum absolute atomic E-state index is 11.9. The minimum atomic E-state index is -1.17. The highest BCUT2D eigenvalue weighted by Crippen LogP contribution is 2.46. The Morgan fingerprint density at radius 1 is 1.33 bits per heavy atom. The van der Waals surface area contributed by atoms with Crippen molar-refractivity contribution < 1.29 is 29.0 Å². The zero-order valence-electron chi connectivity index (χ0n) is 12.0. The molecule has 0 radical (unpaired) electrons. The summed E-state index contributed by atoms with van der Waals surface area (Å²) in [6.45, 7) is 2.60. The van der Waals surface area contributed by atoms with Crippen molar-refractivity contribution in [2.75, 3.05) is 19.7 Å². The van der Waals surface area contributed by atoms with Gasteiger partial charge in [-0.1, -0.05) is 0 Å². The van der Waals surface area contributed by atoms with Crippen LogP contribution >= 0.6 is 0 Å². The van der Waals surface area contributed by atoms with Gasteiger partial charge in [0.15, 0.2) is 5.78 Å². The maximum Gasteiger partial charge on any atom is 0.409 e. The lowest BCUT2D eigenvalue weighted by molar-refractivity contribution is -0.158. The van der Waals surface area contributed by atoms with E-state index >= 15 is 0 Å². The van der Waals surface area contributed by atoms with Crippen LogP contribution in [0.3, 0.4) is 0 Å². The molecular formula is C14H19NO6. The molecule has 116 valence electrons. The highest BCUT2D eigenvalue weighted by atomic mass is 16.6. The second-order valence-corrected chi connectivity index (χ2v) is 5.68. The van der Waals surface area contributed by atoms with E-state index < -0.39 is 29.2 Å². The molecule has 1 aliphatic carbocycles.